The van der Waals surface area contributed by atoms with E-state index in [1.54, 1.807) is 44.2 Å². The normalized spacial score (nSPS) is 12.1. The molecule has 66 heavy (non-hydrogen) atoms. The molecule has 4 N–H and O–H groups in total. The molecule has 0 bridgehead atoms. The Labute approximate surface area is 401 Å². The first-order valence-corrected chi connectivity index (χ1v) is 24.8. The summed E-state index contributed by atoms with van der Waals surface area (Å²) in [5, 5.41) is 32.4. The molecule has 3 atom stereocenters. The number of phenolic OH excluding ortho intramolecular Hbond substituents is 1. The predicted octanol–water partition coefficient (Wildman–Crippen LogP) is 11.7. The van der Waals surface area contributed by atoms with Crippen LogP contribution in [0.25, 0.3) is 0 Å². The molecule has 22 heteroatoms. The van der Waals surface area contributed by atoms with Gasteiger partial charge in [0.25, 0.3) is 11.4 Å². The van der Waals surface area contributed by atoms with Crippen molar-refractivity contribution in [2.75, 3.05) is 6.66 Å². The smallest absolute Gasteiger partial charge is 0.508 e. The van der Waals surface area contributed by atoms with E-state index in [1.807, 2.05) is 74.5 Å². The van der Waals surface area contributed by atoms with Crippen LogP contribution >= 0.6 is 48.5 Å². The van der Waals surface area contributed by atoms with E-state index in [9.17, 15) is 38.9 Å². The molecule has 0 saturated carbocycles. The predicted molar refractivity (Wildman–Crippen MR) is 262 cm³/mol. The van der Waals surface area contributed by atoms with Crippen LogP contribution in [-0.2, 0) is 41.0 Å². The van der Waals surface area contributed by atoms with Crippen molar-refractivity contribution < 1.29 is 53.6 Å². The molecule has 17 nitrogen and oxygen atoms in total. The van der Waals surface area contributed by atoms with Crippen LogP contribution in [0.1, 0.15) is 47.7 Å². The summed E-state index contributed by atoms with van der Waals surface area (Å²) in [4.78, 5) is 44.2. The van der Waals surface area contributed by atoms with Gasteiger partial charge in [0.1, 0.15) is 29.3 Å². The van der Waals surface area contributed by atoms with E-state index in [0.29, 0.717) is 6.42 Å². The van der Waals surface area contributed by atoms with Gasteiger partial charge in [0.15, 0.2) is 0 Å². The van der Waals surface area contributed by atoms with Crippen molar-refractivity contribution in [2.45, 2.75) is 72.3 Å². The van der Waals surface area contributed by atoms with E-state index in [-0.39, 0.29) is 68.4 Å². The van der Waals surface area contributed by atoms with Gasteiger partial charge in [-0.15, -0.1) is 12.4 Å². The highest BCUT2D eigenvalue weighted by Gasteiger charge is 2.36. The number of esters is 2. The molecule has 362 valence electrons. The van der Waals surface area contributed by atoms with Gasteiger partial charge in [-0.25, -0.2) is 4.57 Å². The van der Waals surface area contributed by atoms with E-state index in [2.05, 4.69) is 5.09 Å². The molecule has 0 aliphatic carbocycles. The molecule has 0 heterocycles. The van der Waals surface area contributed by atoms with E-state index in [0.717, 1.165) is 11.1 Å². The van der Waals surface area contributed by atoms with Crippen LogP contribution in [0.4, 0.5) is 11.4 Å². The average Bonchev–Trinajstić information content (AvgIpc) is 3.21. The second kappa shape index (κ2) is 30.6. The zero-order valence-electron chi connectivity index (χ0n) is 35.9. The first-order valence-electron chi connectivity index (χ1n) is 19.2. The number of hydrogen-bond donors (Lipinski definition) is 3. The minimum absolute atomic E-state index is 0. The van der Waals surface area contributed by atoms with Crippen LogP contribution in [0.3, 0.4) is 0 Å². The Morgan fingerprint density at radius 1 is 0.667 bits per heavy atom. The van der Waals surface area contributed by atoms with Crippen molar-refractivity contribution in [1.29, 1.82) is 0 Å². The second-order valence-electron chi connectivity index (χ2n) is 13.9. The summed E-state index contributed by atoms with van der Waals surface area (Å²) in [5.74, 6) is -3.31. The number of ether oxygens (including phenoxy) is 2. The number of nitrogens with zero attached hydrogens (tertiary/aromatic N) is 2. The third-order valence-corrected chi connectivity index (χ3v) is 9.02. The molecule has 0 fully saturated rings. The summed E-state index contributed by atoms with van der Waals surface area (Å²) < 4.78 is 45.3. The molecular formula is C44H57Cl3N4O13P2. The number of benzene rings is 5. The number of aromatic hydroxyl groups is 1. The third kappa shape index (κ3) is 26.5. The summed E-state index contributed by atoms with van der Waals surface area (Å²) in [6, 6.07) is 35.6. The molecule has 5 aromatic carbocycles. The monoisotopic (exact) mass is 1020 g/mol. The molecule has 5 rings (SSSR count). The van der Waals surface area contributed by atoms with Crippen LogP contribution in [0.2, 0.25) is 0 Å². The summed E-state index contributed by atoms with van der Waals surface area (Å²) in [7, 11) is -4.21. The van der Waals surface area contributed by atoms with Gasteiger partial charge in [-0.05, 0) is 111 Å². The van der Waals surface area contributed by atoms with E-state index in [1.165, 1.54) is 55.2 Å². The Kier molecular flexibility index (Phi) is 28.1. The van der Waals surface area contributed by atoms with Gasteiger partial charge in [-0.1, -0.05) is 86.3 Å². The molecule has 0 spiro atoms. The van der Waals surface area contributed by atoms with Crippen molar-refractivity contribution in [2.24, 2.45) is 5.73 Å². The van der Waals surface area contributed by atoms with Crippen molar-refractivity contribution >= 4 is 71.8 Å². The molecule has 0 radical (unpaired) electrons. The maximum atomic E-state index is 13.9. The standard InChI is InChI=1S/C24H25N2O7P.C12H17NO2.C6H5NO3.CH3Cl2OP.CH4.ClH.H2/c1-18(2)31-24(27)23(17-19-9-5-3-6-10-19)25-34(30,32-21-11-7-4-8-12-21)33-22-15-13-20(14-16-22)26(28)29;1-9(2)15-12(14)11(13)8-10-6-4-3-5-7-10;8-6-3-1-5(2-4-6)7(9)10;1-5(2,3)4;;;/h3-16,18,23H,17H2,1-2H3,(H,25,30);3-7,9,11H,8,13H2,1-2H3;1-4,8H;1H3;1H4;2*1H/t23-,34?;11-;;;;;/m00...../s1. The van der Waals surface area contributed by atoms with Crippen LogP contribution in [0, 0.1) is 20.2 Å². The van der Waals surface area contributed by atoms with Crippen LogP contribution in [-0.4, -0.2) is 57.8 Å². The highest BCUT2D eigenvalue weighted by molar-refractivity contribution is 8.08. The Morgan fingerprint density at radius 2 is 1.02 bits per heavy atom. The highest BCUT2D eigenvalue weighted by atomic mass is 35.9. The van der Waals surface area contributed by atoms with Gasteiger partial charge >= 0.3 is 19.7 Å². The number of phenols is 1. The number of nitrogens with two attached hydrogens (primary N) is 1. The fourth-order valence-electron chi connectivity index (χ4n) is 4.84. The highest BCUT2D eigenvalue weighted by Crippen LogP contribution is 2.52. The summed E-state index contributed by atoms with van der Waals surface area (Å²) in [6.07, 6.45) is 0.182. The van der Waals surface area contributed by atoms with Crippen LogP contribution in [0.5, 0.6) is 17.2 Å². The van der Waals surface area contributed by atoms with Crippen LogP contribution in [0.15, 0.2) is 140 Å². The maximum absolute atomic E-state index is 13.9. The number of carbonyl (C=O) groups is 2. The quantitative estimate of drug-likeness (QED) is 0.0360. The Morgan fingerprint density at radius 3 is 1.41 bits per heavy atom. The van der Waals surface area contributed by atoms with Crippen molar-refractivity contribution in [3.63, 3.8) is 0 Å². The van der Waals surface area contributed by atoms with Gasteiger partial charge in [-0.2, -0.15) is 5.09 Å². The lowest BCUT2D eigenvalue weighted by molar-refractivity contribution is -0.385. The zero-order valence-corrected chi connectivity index (χ0v) is 40.0. The summed E-state index contributed by atoms with van der Waals surface area (Å²) >= 11 is 9.70. The van der Waals surface area contributed by atoms with Gasteiger partial charge in [0.2, 0.25) is 5.85 Å². The van der Waals surface area contributed by atoms with Gasteiger partial charge < -0.3 is 29.4 Å². The molecule has 5 aromatic rings. The number of non-ortho nitro benzene ring substituents is 2. The maximum Gasteiger partial charge on any atom is 0.513 e. The first-order chi connectivity index (χ1) is 30.0. The topological polar surface area (TPSA) is 250 Å². The number of rotatable bonds is 16. The van der Waals surface area contributed by atoms with E-state index in [4.69, 9.17) is 51.8 Å². The van der Waals surface area contributed by atoms with Gasteiger partial charge in [0, 0.05) is 32.4 Å². The van der Waals surface area contributed by atoms with Crippen molar-refractivity contribution in [3.8, 4) is 17.2 Å². The molecule has 0 saturated heterocycles. The lowest BCUT2D eigenvalue weighted by Gasteiger charge is -2.25. The lowest BCUT2D eigenvalue weighted by atomic mass is 10.1. The van der Waals surface area contributed by atoms with E-state index < -0.39 is 47.6 Å². The Balaban J connectivity index is 0. The fraction of sp³-hybridized carbons (Fsp3) is 0.273. The first kappa shape index (κ1) is 60.5. The number of para-hydroxylation sites is 1. The van der Waals surface area contributed by atoms with Gasteiger partial charge in [-0.3, -0.25) is 34.4 Å². The minimum atomic E-state index is -4.21. The molecule has 1 unspecified atom stereocenters. The van der Waals surface area contributed by atoms with Crippen molar-refractivity contribution in [1.82, 2.24) is 5.09 Å². The largest absolute Gasteiger partial charge is 0.513 e. The lowest BCUT2D eigenvalue weighted by Crippen LogP contribution is -2.40. The zero-order chi connectivity index (χ0) is 47.9. The Bertz CT molecular complexity index is 2300. The molecule has 0 aromatic heterocycles. The second-order valence-corrected chi connectivity index (χ2v) is 21.3. The molecular weight excluding hydrogens is 961 g/mol. The van der Waals surface area contributed by atoms with Gasteiger partial charge in [0.05, 0.1) is 22.1 Å². The average molecular weight is 1020 g/mol. The summed E-state index contributed by atoms with van der Waals surface area (Å²) in [6.45, 7) is 8.33. The molecule has 0 aliphatic rings. The Hall–Kier alpha value is -5.51. The number of carbonyl (C=O) groups excluding carboxylic acids is 2. The SMILES string of the molecule is C.CC(C)OC(=O)[C@@H](N)Cc1ccccc1.CC(C)OC(=O)[C@H](Cc1ccccc1)NP(=O)(Oc1ccccc1)Oc1ccc([N+](=O)[O-])cc1.CP(=O)(Cl)Cl.Cl.O=[N+]([O-])c1ccc(O)cc1.[HH]. The van der Waals surface area contributed by atoms with Crippen molar-refractivity contribution in [3.05, 3.63) is 171 Å². The fourth-order valence-corrected chi connectivity index (χ4v) is 6.36. The minimum Gasteiger partial charge on any atom is -0.508 e. The molecule has 0 aliphatic heterocycles. The summed E-state index contributed by atoms with van der Waals surface area (Å²) in [5.41, 5.74) is 7.41. The number of nitrogens with one attached hydrogen (secondary N) is 1. The number of nitro groups is 2. The van der Waals surface area contributed by atoms with Crippen LogP contribution < -0.4 is 19.9 Å². The third-order valence-electron chi connectivity index (χ3n) is 7.49. The molecule has 0 amide bonds. The number of nitro benzene ring substituents is 2. The number of halogens is 3. The van der Waals surface area contributed by atoms with E-state index >= 15 is 0 Å². The number of hydrogen-bond acceptors (Lipinski definition) is 14.